The van der Waals surface area contributed by atoms with E-state index in [-0.39, 0.29) is 4.90 Å². The van der Waals surface area contributed by atoms with Crippen LogP contribution in [0.15, 0.2) is 26.0 Å². The third kappa shape index (κ3) is 4.51. The van der Waals surface area contributed by atoms with Crippen molar-refractivity contribution in [2.75, 3.05) is 26.8 Å². The van der Waals surface area contributed by atoms with E-state index in [9.17, 15) is 8.42 Å². The number of benzene rings is 1. The van der Waals surface area contributed by atoms with Gasteiger partial charge in [-0.05, 0) is 59.3 Å². The Morgan fingerprint density at radius 1 is 1.29 bits per heavy atom. The first kappa shape index (κ1) is 17.4. The molecule has 1 saturated carbocycles. The van der Waals surface area contributed by atoms with Crippen molar-refractivity contribution in [3.63, 3.8) is 0 Å². The maximum atomic E-state index is 12.6. The molecule has 0 heterocycles. The highest BCUT2D eigenvalue weighted by Gasteiger charge is 2.25. The standard InChI is InChI=1S/C14H19Br2NO3S/c1-10-7-13(16)14(8-12(10)15)21(18,19)17(2)5-6-20-9-11-3-4-11/h7-8,11H,3-6,9H2,1-2H3. The molecule has 0 N–H and O–H groups in total. The van der Waals surface area contributed by atoms with Crippen molar-refractivity contribution in [1.29, 1.82) is 0 Å². The molecule has 1 aromatic rings. The fraction of sp³-hybridized carbons (Fsp3) is 0.571. The van der Waals surface area contributed by atoms with Crippen LogP contribution in [0.1, 0.15) is 18.4 Å². The summed E-state index contributed by atoms with van der Waals surface area (Å²) in [5, 5.41) is 0. The zero-order valence-electron chi connectivity index (χ0n) is 12.1. The summed E-state index contributed by atoms with van der Waals surface area (Å²) in [4.78, 5) is 0.268. The highest BCUT2D eigenvalue weighted by Crippen LogP contribution is 2.31. The van der Waals surface area contributed by atoms with Gasteiger partial charge in [0, 0.05) is 29.1 Å². The Balaban J connectivity index is 2.03. The Morgan fingerprint density at radius 2 is 1.95 bits per heavy atom. The van der Waals surface area contributed by atoms with Crippen LogP contribution >= 0.6 is 31.9 Å². The van der Waals surface area contributed by atoms with Crippen LogP contribution in [-0.2, 0) is 14.8 Å². The Hall–Kier alpha value is 0.0500. The monoisotopic (exact) mass is 439 g/mol. The molecule has 0 aromatic heterocycles. The first-order valence-corrected chi connectivity index (χ1v) is 9.84. The quantitative estimate of drug-likeness (QED) is 0.609. The molecule has 0 bridgehead atoms. The average Bonchev–Trinajstić information content (AvgIpc) is 3.22. The van der Waals surface area contributed by atoms with E-state index >= 15 is 0 Å². The summed E-state index contributed by atoms with van der Waals surface area (Å²) in [6.45, 7) is 3.44. The molecular formula is C14H19Br2NO3S. The van der Waals surface area contributed by atoms with Crippen LogP contribution in [0.3, 0.4) is 0 Å². The van der Waals surface area contributed by atoms with E-state index in [4.69, 9.17) is 4.74 Å². The fourth-order valence-electron chi connectivity index (χ4n) is 1.84. The van der Waals surface area contributed by atoms with E-state index in [1.54, 1.807) is 19.2 Å². The van der Waals surface area contributed by atoms with Crippen molar-refractivity contribution in [2.24, 2.45) is 5.92 Å². The van der Waals surface area contributed by atoms with Crippen molar-refractivity contribution >= 4 is 41.9 Å². The number of hydrogen-bond donors (Lipinski definition) is 0. The topological polar surface area (TPSA) is 46.6 Å². The smallest absolute Gasteiger partial charge is 0.244 e. The van der Waals surface area contributed by atoms with Crippen molar-refractivity contribution in [3.05, 3.63) is 26.6 Å². The van der Waals surface area contributed by atoms with Gasteiger partial charge in [0.2, 0.25) is 10.0 Å². The number of ether oxygens (including phenoxy) is 1. The predicted octanol–water partition coefficient (Wildman–Crippen LogP) is 3.57. The number of aryl methyl sites for hydroxylation is 1. The van der Waals surface area contributed by atoms with Gasteiger partial charge in [0.15, 0.2) is 0 Å². The molecule has 0 amide bonds. The lowest BCUT2D eigenvalue weighted by atomic mass is 10.2. The predicted molar refractivity (Wildman–Crippen MR) is 89.9 cm³/mol. The summed E-state index contributed by atoms with van der Waals surface area (Å²) < 4.78 is 33.4. The van der Waals surface area contributed by atoms with E-state index in [0.29, 0.717) is 23.5 Å². The van der Waals surface area contributed by atoms with E-state index in [1.165, 1.54) is 17.1 Å². The van der Waals surface area contributed by atoms with E-state index in [1.807, 2.05) is 6.92 Å². The van der Waals surface area contributed by atoms with Gasteiger partial charge in [-0.1, -0.05) is 15.9 Å². The largest absolute Gasteiger partial charge is 0.380 e. The fourth-order valence-corrected chi connectivity index (χ4v) is 4.63. The van der Waals surface area contributed by atoms with Crippen molar-refractivity contribution in [2.45, 2.75) is 24.7 Å². The van der Waals surface area contributed by atoms with E-state index in [2.05, 4.69) is 31.9 Å². The second-order valence-electron chi connectivity index (χ2n) is 5.38. The number of rotatable bonds is 7. The number of sulfonamides is 1. The summed E-state index contributed by atoms with van der Waals surface area (Å²) in [7, 11) is -1.94. The molecule has 4 nitrogen and oxygen atoms in total. The molecule has 1 aliphatic rings. The molecule has 0 saturated heterocycles. The number of nitrogens with zero attached hydrogens (tertiary/aromatic N) is 1. The minimum atomic E-state index is -3.52. The average molecular weight is 441 g/mol. The zero-order valence-corrected chi connectivity index (χ0v) is 16.1. The summed E-state index contributed by atoms with van der Waals surface area (Å²) in [6, 6.07) is 3.44. The maximum absolute atomic E-state index is 12.6. The molecule has 1 aliphatic carbocycles. The zero-order chi connectivity index (χ0) is 15.6. The summed E-state index contributed by atoms with van der Waals surface area (Å²) >= 11 is 6.72. The number of halogens is 2. The molecule has 0 unspecified atom stereocenters. The van der Waals surface area contributed by atoms with Crippen molar-refractivity contribution in [3.8, 4) is 0 Å². The Labute approximate surface area is 143 Å². The first-order chi connectivity index (χ1) is 9.82. The third-order valence-electron chi connectivity index (χ3n) is 3.50. The lowest BCUT2D eigenvalue weighted by Gasteiger charge is -2.18. The lowest BCUT2D eigenvalue weighted by molar-refractivity contribution is 0.117. The van der Waals surface area contributed by atoms with Crippen LogP contribution < -0.4 is 0 Å². The minimum Gasteiger partial charge on any atom is -0.380 e. The Kier molecular flexibility index (Phi) is 5.87. The van der Waals surface area contributed by atoms with Gasteiger partial charge in [0.1, 0.15) is 0 Å². The molecule has 7 heteroatoms. The van der Waals surface area contributed by atoms with Gasteiger partial charge in [-0.2, -0.15) is 4.31 Å². The maximum Gasteiger partial charge on any atom is 0.244 e. The van der Waals surface area contributed by atoms with Crippen molar-refractivity contribution < 1.29 is 13.2 Å². The second-order valence-corrected chi connectivity index (χ2v) is 9.10. The van der Waals surface area contributed by atoms with Gasteiger partial charge in [-0.3, -0.25) is 0 Å². The molecule has 1 fully saturated rings. The SMILES string of the molecule is Cc1cc(Br)c(S(=O)(=O)N(C)CCOCC2CC2)cc1Br. The van der Waals surface area contributed by atoms with Gasteiger partial charge < -0.3 is 4.74 Å². The Bertz CT molecular complexity index is 615. The lowest BCUT2D eigenvalue weighted by Crippen LogP contribution is -2.30. The van der Waals surface area contributed by atoms with Gasteiger partial charge in [0.25, 0.3) is 0 Å². The van der Waals surface area contributed by atoms with Crippen LogP contribution in [-0.4, -0.2) is 39.5 Å². The van der Waals surface area contributed by atoms with Crippen LogP contribution in [0, 0.1) is 12.8 Å². The van der Waals surface area contributed by atoms with Crippen LogP contribution in [0.5, 0.6) is 0 Å². The third-order valence-corrected chi connectivity index (χ3v) is 7.17. The molecule has 0 radical (unpaired) electrons. The second kappa shape index (κ2) is 7.08. The van der Waals surface area contributed by atoms with Crippen LogP contribution in [0.2, 0.25) is 0 Å². The van der Waals surface area contributed by atoms with E-state index in [0.717, 1.165) is 16.6 Å². The minimum absolute atomic E-state index is 0.268. The summed E-state index contributed by atoms with van der Waals surface area (Å²) in [6.07, 6.45) is 2.47. The van der Waals surface area contributed by atoms with Gasteiger partial charge in [-0.25, -0.2) is 8.42 Å². The molecule has 0 aliphatic heterocycles. The molecule has 2 rings (SSSR count). The van der Waals surface area contributed by atoms with E-state index < -0.39 is 10.0 Å². The number of hydrogen-bond acceptors (Lipinski definition) is 3. The van der Waals surface area contributed by atoms with Crippen LogP contribution in [0.25, 0.3) is 0 Å². The number of likely N-dealkylation sites (N-methyl/N-ethyl adjacent to an activating group) is 1. The summed E-state index contributed by atoms with van der Waals surface area (Å²) in [5.74, 6) is 0.689. The highest BCUT2D eigenvalue weighted by molar-refractivity contribution is 9.11. The van der Waals surface area contributed by atoms with Gasteiger partial charge in [0.05, 0.1) is 11.5 Å². The Morgan fingerprint density at radius 3 is 2.57 bits per heavy atom. The molecule has 21 heavy (non-hydrogen) atoms. The molecule has 1 aromatic carbocycles. The van der Waals surface area contributed by atoms with Crippen LogP contribution in [0.4, 0.5) is 0 Å². The summed E-state index contributed by atoms with van der Waals surface area (Å²) in [5.41, 5.74) is 0.983. The van der Waals surface area contributed by atoms with Gasteiger partial charge in [-0.15, -0.1) is 0 Å². The highest BCUT2D eigenvalue weighted by atomic mass is 79.9. The normalized spacial score (nSPS) is 15.7. The molecule has 0 spiro atoms. The molecule has 0 atom stereocenters. The van der Waals surface area contributed by atoms with Gasteiger partial charge >= 0.3 is 0 Å². The molecule has 118 valence electrons. The molecular weight excluding hydrogens is 422 g/mol. The van der Waals surface area contributed by atoms with Crippen molar-refractivity contribution in [1.82, 2.24) is 4.31 Å². The first-order valence-electron chi connectivity index (χ1n) is 6.82.